The van der Waals surface area contributed by atoms with Crippen molar-refractivity contribution in [3.8, 4) is 5.75 Å². The van der Waals surface area contributed by atoms with Crippen LogP contribution in [0, 0.1) is 5.92 Å². The average Bonchev–Trinajstić information content (AvgIpc) is 2.77. The molecule has 0 radical (unpaired) electrons. The van der Waals surface area contributed by atoms with Crippen molar-refractivity contribution in [2.24, 2.45) is 5.92 Å². The number of hydrogen-bond acceptors (Lipinski definition) is 3. The Labute approximate surface area is 187 Å². The minimum absolute atomic E-state index is 0.221. The van der Waals surface area contributed by atoms with Gasteiger partial charge in [0.15, 0.2) is 0 Å². The lowest BCUT2D eigenvalue weighted by Gasteiger charge is -2.13. The zero-order valence-electron chi connectivity index (χ0n) is 17.5. The minimum atomic E-state index is -0.327. The van der Waals surface area contributed by atoms with E-state index in [1.165, 1.54) is 0 Å². The summed E-state index contributed by atoms with van der Waals surface area (Å²) in [6.45, 7) is 4.90. The van der Waals surface area contributed by atoms with Crippen molar-refractivity contribution in [1.29, 1.82) is 0 Å². The molecule has 3 aromatic carbocycles. The second-order valence-electron chi connectivity index (χ2n) is 7.51. The van der Waals surface area contributed by atoms with Gasteiger partial charge in [-0.25, -0.2) is 0 Å². The van der Waals surface area contributed by atoms with Crippen molar-refractivity contribution < 1.29 is 14.3 Å². The molecule has 0 heterocycles. The molecule has 0 aliphatic rings. The molecule has 0 bridgehead atoms. The number of halogens is 1. The van der Waals surface area contributed by atoms with Gasteiger partial charge in [-0.3, -0.25) is 9.59 Å². The summed E-state index contributed by atoms with van der Waals surface area (Å²) in [6, 6.07) is 21.3. The van der Waals surface area contributed by atoms with E-state index in [0.717, 1.165) is 5.56 Å². The van der Waals surface area contributed by atoms with Crippen molar-refractivity contribution in [3.63, 3.8) is 0 Å². The molecule has 0 aliphatic heterocycles. The Balaban J connectivity index is 1.69. The van der Waals surface area contributed by atoms with E-state index in [4.69, 9.17) is 16.3 Å². The zero-order valence-corrected chi connectivity index (χ0v) is 18.3. The Bertz CT molecular complexity index is 1070. The van der Waals surface area contributed by atoms with Crippen LogP contribution in [0.2, 0.25) is 5.02 Å². The number of nitrogens with one attached hydrogen (secondary N) is 2. The monoisotopic (exact) mass is 436 g/mol. The van der Waals surface area contributed by atoms with Gasteiger partial charge >= 0.3 is 0 Å². The van der Waals surface area contributed by atoms with Gasteiger partial charge in [0, 0.05) is 22.7 Å². The third-order valence-electron chi connectivity index (χ3n) is 4.54. The van der Waals surface area contributed by atoms with Crippen LogP contribution >= 0.6 is 11.6 Å². The Morgan fingerprint density at radius 2 is 1.68 bits per heavy atom. The predicted molar refractivity (Wildman–Crippen MR) is 124 cm³/mol. The van der Waals surface area contributed by atoms with Gasteiger partial charge in [0.1, 0.15) is 12.4 Å². The van der Waals surface area contributed by atoms with Gasteiger partial charge < -0.3 is 15.4 Å². The number of ether oxygens (including phenoxy) is 1. The summed E-state index contributed by atoms with van der Waals surface area (Å²) in [5.41, 5.74) is 2.16. The first-order chi connectivity index (χ1) is 14.9. The molecule has 0 aromatic heterocycles. The fourth-order valence-electron chi connectivity index (χ4n) is 2.88. The molecule has 0 spiro atoms. The topological polar surface area (TPSA) is 67.4 Å². The first-order valence-electron chi connectivity index (χ1n) is 10.1. The fourth-order valence-corrected chi connectivity index (χ4v) is 3.07. The van der Waals surface area contributed by atoms with Crippen LogP contribution in [0.15, 0.2) is 72.8 Å². The molecule has 31 heavy (non-hydrogen) atoms. The number of anilines is 1. The maximum Gasteiger partial charge on any atom is 0.255 e. The maximum atomic E-state index is 12.8. The number of carbonyl (C=O) groups excluding carboxylic acids is 2. The van der Waals surface area contributed by atoms with Gasteiger partial charge in [0.25, 0.3) is 11.8 Å². The Hall–Kier alpha value is -3.31. The number of hydrogen-bond donors (Lipinski definition) is 2. The van der Waals surface area contributed by atoms with Crippen LogP contribution in [0.4, 0.5) is 5.69 Å². The van der Waals surface area contributed by atoms with E-state index in [0.29, 0.717) is 46.7 Å². The average molecular weight is 437 g/mol. The van der Waals surface area contributed by atoms with Gasteiger partial charge in [0.2, 0.25) is 0 Å². The number of benzene rings is 3. The van der Waals surface area contributed by atoms with Crippen LogP contribution in [0.5, 0.6) is 5.75 Å². The van der Waals surface area contributed by atoms with E-state index in [1.54, 1.807) is 54.6 Å². The normalized spacial score (nSPS) is 10.6. The molecule has 5 nitrogen and oxygen atoms in total. The molecule has 6 heteroatoms. The van der Waals surface area contributed by atoms with Crippen LogP contribution in [0.3, 0.4) is 0 Å². The first-order valence-corrected chi connectivity index (χ1v) is 10.5. The molecule has 3 aromatic rings. The smallest absolute Gasteiger partial charge is 0.255 e. The van der Waals surface area contributed by atoms with Crippen molar-refractivity contribution in [2.75, 3.05) is 11.9 Å². The Morgan fingerprint density at radius 1 is 0.935 bits per heavy atom. The van der Waals surface area contributed by atoms with Gasteiger partial charge in [-0.05, 0) is 42.3 Å². The lowest BCUT2D eigenvalue weighted by molar-refractivity contribution is 0.0950. The molecular weight excluding hydrogens is 412 g/mol. The summed E-state index contributed by atoms with van der Waals surface area (Å²) in [4.78, 5) is 25.3. The quantitative estimate of drug-likeness (QED) is 0.486. The molecule has 0 aliphatic carbocycles. The van der Waals surface area contributed by atoms with Crippen molar-refractivity contribution in [2.45, 2.75) is 20.5 Å². The van der Waals surface area contributed by atoms with Crippen molar-refractivity contribution >= 4 is 29.1 Å². The van der Waals surface area contributed by atoms with E-state index in [2.05, 4.69) is 10.6 Å². The summed E-state index contributed by atoms with van der Waals surface area (Å²) >= 11 is 6.17. The van der Waals surface area contributed by atoms with Crippen LogP contribution in [-0.2, 0) is 6.61 Å². The van der Waals surface area contributed by atoms with Crippen molar-refractivity contribution in [1.82, 2.24) is 5.32 Å². The second kappa shape index (κ2) is 10.6. The minimum Gasteiger partial charge on any atom is -0.489 e. The van der Waals surface area contributed by atoms with E-state index >= 15 is 0 Å². The number of rotatable bonds is 8. The molecular formula is C25H25ClN2O3. The van der Waals surface area contributed by atoms with Crippen LogP contribution in [-0.4, -0.2) is 18.4 Å². The standard InChI is InChI=1S/C25H25ClN2O3/c1-17(2)15-27-25(30)21-11-4-6-13-23(21)28-24(29)18-9-7-10-20(14-18)31-16-19-8-3-5-12-22(19)26/h3-14,17H,15-16H2,1-2H3,(H,27,30)(H,28,29). The van der Waals surface area contributed by atoms with E-state index in [-0.39, 0.29) is 11.8 Å². The van der Waals surface area contributed by atoms with E-state index < -0.39 is 0 Å². The van der Waals surface area contributed by atoms with Crippen LogP contribution in [0.1, 0.15) is 40.1 Å². The lowest BCUT2D eigenvalue weighted by Crippen LogP contribution is -2.28. The van der Waals surface area contributed by atoms with Gasteiger partial charge in [-0.2, -0.15) is 0 Å². The highest BCUT2D eigenvalue weighted by Gasteiger charge is 2.15. The van der Waals surface area contributed by atoms with Gasteiger partial charge in [-0.15, -0.1) is 0 Å². The second-order valence-corrected chi connectivity index (χ2v) is 7.92. The summed E-state index contributed by atoms with van der Waals surface area (Å²) < 4.78 is 5.80. The Morgan fingerprint density at radius 3 is 2.45 bits per heavy atom. The molecule has 0 atom stereocenters. The number of para-hydroxylation sites is 1. The van der Waals surface area contributed by atoms with Crippen LogP contribution in [0.25, 0.3) is 0 Å². The van der Waals surface area contributed by atoms with Crippen molar-refractivity contribution in [3.05, 3.63) is 94.5 Å². The summed E-state index contributed by atoms with van der Waals surface area (Å²) in [5.74, 6) is 0.337. The molecule has 0 fully saturated rings. The predicted octanol–water partition coefficient (Wildman–Crippen LogP) is 5.56. The largest absolute Gasteiger partial charge is 0.489 e. The highest BCUT2D eigenvalue weighted by atomic mass is 35.5. The summed E-state index contributed by atoms with van der Waals surface area (Å²) in [7, 11) is 0. The maximum absolute atomic E-state index is 12.8. The summed E-state index contributed by atoms with van der Waals surface area (Å²) in [5, 5.41) is 6.33. The number of amides is 2. The van der Waals surface area contributed by atoms with E-state index in [1.807, 2.05) is 32.0 Å². The first kappa shape index (κ1) is 22.4. The number of carbonyl (C=O) groups is 2. The fraction of sp³-hybridized carbons (Fsp3) is 0.200. The highest BCUT2D eigenvalue weighted by Crippen LogP contribution is 2.21. The van der Waals surface area contributed by atoms with Gasteiger partial charge in [-0.1, -0.05) is 61.8 Å². The van der Waals surface area contributed by atoms with Gasteiger partial charge in [0.05, 0.1) is 11.3 Å². The third-order valence-corrected chi connectivity index (χ3v) is 4.91. The van der Waals surface area contributed by atoms with Crippen LogP contribution < -0.4 is 15.4 Å². The summed E-state index contributed by atoms with van der Waals surface area (Å²) in [6.07, 6.45) is 0. The molecule has 3 rings (SSSR count). The third kappa shape index (κ3) is 6.33. The molecule has 2 amide bonds. The van der Waals surface area contributed by atoms with E-state index in [9.17, 15) is 9.59 Å². The molecule has 0 saturated carbocycles. The zero-order chi connectivity index (χ0) is 22.2. The molecule has 0 saturated heterocycles. The molecule has 2 N–H and O–H groups in total. The lowest BCUT2D eigenvalue weighted by atomic mass is 10.1. The molecule has 160 valence electrons. The Kier molecular flexibility index (Phi) is 7.68. The highest BCUT2D eigenvalue weighted by molar-refractivity contribution is 6.31. The molecule has 0 unspecified atom stereocenters. The SMILES string of the molecule is CC(C)CNC(=O)c1ccccc1NC(=O)c1cccc(OCc2ccccc2Cl)c1.